The molecule has 5 heteroatoms. The van der Waals surface area contributed by atoms with Gasteiger partial charge in [-0.3, -0.25) is 4.79 Å². The number of hydrogen-bond donors (Lipinski definition) is 1. The number of rotatable bonds is 7. The Morgan fingerprint density at radius 1 is 1.29 bits per heavy atom. The highest BCUT2D eigenvalue weighted by atomic mass is 79.9. The number of ether oxygens (including phenoxy) is 2. The van der Waals surface area contributed by atoms with Gasteiger partial charge in [0.2, 0.25) is 0 Å². The SMILES string of the molecule is COC(=O)CCNCCOc1ccc(Br)cc1. The van der Waals surface area contributed by atoms with Crippen LogP contribution in [0.1, 0.15) is 6.42 Å². The molecule has 0 heterocycles. The molecule has 0 aliphatic rings. The van der Waals surface area contributed by atoms with Gasteiger partial charge in [0.15, 0.2) is 0 Å². The fourth-order valence-corrected chi connectivity index (χ4v) is 1.45. The van der Waals surface area contributed by atoms with Crippen LogP contribution in [0.3, 0.4) is 0 Å². The number of carbonyl (C=O) groups is 1. The fraction of sp³-hybridized carbons (Fsp3) is 0.417. The lowest BCUT2D eigenvalue weighted by atomic mass is 10.3. The zero-order valence-electron chi connectivity index (χ0n) is 9.74. The van der Waals surface area contributed by atoms with Gasteiger partial charge in [0.05, 0.1) is 13.5 Å². The average molecular weight is 302 g/mol. The summed E-state index contributed by atoms with van der Waals surface area (Å²) in [5, 5.41) is 3.10. The summed E-state index contributed by atoms with van der Waals surface area (Å²) in [6, 6.07) is 7.66. The molecule has 0 atom stereocenters. The van der Waals surface area contributed by atoms with Gasteiger partial charge in [-0.25, -0.2) is 0 Å². The van der Waals surface area contributed by atoms with Crippen LogP contribution in [0.15, 0.2) is 28.7 Å². The molecule has 0 unspecified atom stereocenters. The zero-order valence-corrected chi connectivity index (χ0v) is 11.3. The highest BCUT2D eigenvalue weighted by Crippen LogP contribution is 2.15. The number of carbonyl (C=O) groups excluding carboxylic acids is 1. The Morgan fingerprint density at radius 2 is 2.00 bits per heavy atom. The first-order valence-electron chi connectivity index (χ1n) is 5.38. The second kappa shape index (κ2) is 8.08. The Labute approximate surface area is 109 Å². The van der Waals surface area contributed by atoms with E-state index in [9.17, 15) is 4.79 Å². The van der Waals surface area contributed by atoms with E-state index in [1.165, 1.54) is 7.11 Å². The number of halogens is 1. The lowest BCUT2D eigenvalue weighted by Gasteiger charge is -2.07. The van der Waals surface area contributed by atoms with Crippen molar-refractivity contribution in [3.63, 3.8) is 0 Å². The minimum atomic E-state index is -0.202. The second-order valence-electron chi connectivity index (χ2n) is 3.38. The van der Waals surface area contributed by atoms with Crippen LogP contribution in [-0.4, -0.2) is 32.8 Å². The Bertz CT molecular complexity index is 340. The molecule has 0 amide bonds. The van der Waals surface area contributed by atoms with Crippen molar-refractivity contribution < 1.29 is 14.3 Å². The quantitative estimate of drug-likeness (QED) is 0.618. The highest BCUT2D eigenvalue weighted by Gasteiger charge is 1.98. The summed E-state index contributed by atoms with van der Waals surface area (Å²) in [7, 11) is 1.39. The first kappa shape index (κ1) is 14.0. The van der Waals surface area contributed by atoms with Gasteiger partial charge >= 0.3 is 5.97 Å². The summed E-state index contributed by atoms with van der Waals surface area (Å²) in [5.74, 6) is 0.634. The van der Waals surface area contributed by atoms with Gasteiger partial charge in [0, 0.05) is 17.6 Å². The number of methoxy groups -OCH3 is 1. The Kier molecular flexibility index (Phi) is 6.65. The standard InChI is InChI=1S/C12H16BrNO3/c1-16-12(15)6-7-14-8-9-17-11-4-2-10(13)3-5-11/h2-5,14H,6-9H2,1H3. The third-order valence-electron chi connectivity index (χ3n) is 2.09. The molecular weight excluding hydrogens is 286 g/mol. The lowest BCUT2D eigenvalue weighted by molar-refractivity contribution is -0.140. The molecule has 1 aromatic rings. The van der Waals surface area contributed by atoms with Crippen LogP contribution >= 0.6 is 15.9 Å². The Morgan fingerprint density at radius 3 is 2.65 bits per heavy atom. The van der Waals surface area contributed by atoms with E-state index in [0.717, 1.165) is 10.2 Å². The molecule has 0 radical (unpaired) electrons. The van der Waals surface area contributed by atoms with Crippen LogP contribution in [-0.2, 0) is 9.53 Å². The van der Waals surface area contributed by atoms with Gasteiger partial charge in [-0.15, -0.1) is 0 Å². The van der Waals surface area contributed by atoms with Gasteiger partial charge < -0.3 is 14.8 Å². The van der Waals surface area contributed by atoms with Gasteiger partial charge in [-0.05, 0) is 24.3 Å². The molecule has 0 spiro atoms. The van der Waals surface area contributed by atoms with E-state index >= 15 is 0 Å². The fourth-order valence-electron chi connectivity index (χ4n) is 1.19. The molecule has 0 saturated heterocycles. The van der Waals surface area contributed by atoms with E-state index in [1.54, 1.807) is 0 Å². The average Bonchev–Trinajstić information content (AvgIpc) is 2.35. The Hall–Kier alpha value is -1.07. The molecule has 0 fully saturated rings. The van der Waals surface area contributed by atoms with Gasteiger partial charge in [0.1, 0.15) is 12.4 Å². The van der Waals surface area contributed by atoms with Crippen molar-refractivity contribution in [1.29, 1.82) is 0 Å². The Balaban J connectivity index is 2.04. The summed E-state index contributed by atoms with van der Waals surface area (Å²) in [5.41, 5.74) is 0. The molecule has 94 valence electrons. The monoisotopic (exact) mass is 301 g/mol. The maximum atomic E-state index is 10.8. The van der Waals surface area contributed by atoms with Crippen molar-refractivity contribution in [2.45, 2.75) is 6.42 Å². The number of benzene rings is 1. The van der Waals surface area contributed by atoms with E-state index in [0.29, 0.717) is 26.1 Å². The van der Waals surface area contributed by atoms with E-state index in [-0.39, 0.29) is 5.97 Å². The van der Waals surface area contributed by atoms with E-state index < -0.39 is 0 Å². The molecular formula is C12H16BrNO3. The summed E-state index contributed by atoms with van der Waals surface area (Å²) in [6.07, 6.45) is 0.384. The van der Waals surface area contributed by atoms with Crippen molar-refractivity contribution in [2.75, 3.05) is 26.8 Å². The predicted molar refractivity (Wildman–Crippen MR) is 69.1 cm³/mol. The van der Waals surface area contributed by atoms with Crippen molar-refractivity contribution in [2.24, 2.45) is 0 Å². The first-order chi connectivity index (χ1) is 8.22. The smallest absolute Gasteiger partial charge is 0.306 e. The molecule has 1 rings (SSSR count). The summed E-state index contributed by atoms with van der Waals surface area (Å²) < 4.78 is 11.0. The van der Waals surface area contributed by atoms with Crippen molar-refractivity contribution in [3.05, 3.63) is 28.7 Å². The molecule has 0 aliphatic heterocycles. The number of esters is 1. The molecule has 1 N–H and O–H groups in total. The third-order valence-corrected chi connectivity index (χ3v) is 2.62. The van der Waals surface area contributed by atoms with Crippen molar-refractivity contribution >= 4 is 21.9 Å². The summed E-state index contributed by atoms with van der Waals surface area (Å²) in [4.78, 5) is 10.8. The minimum absolute atomic E-state index is 0.202. The lowest BCUT2D eigenvalue weighted by Crippen LogP contribution is -2.24. The van der Waals surface area contributed by atoms with Crippen LogP contribution in [0.25, 0.3) is 0 Å². The van der Waals surface area contributed by atoms with Crippen LogP contribution in [0.5, 0.6) is 5.75 Å². The maximum absolute atomic E-state index is 10.8. The second-order valence-corrected chi connectivity index (χ2v) is 4.29. The number of hydrogen-bond acceptors (Lipinski definition) is 4. The van der Waals surface area contributed by atoms with Gasteiger partial charge in [-0.1, -0.05) is 15.9 Å². The van der Waals surface area contributed by atoms with E-state index in [2.05, 4.69) is 26.0 Å². The van der Waals surface area contributed by atoms with E-state index in [1.807, 2.05) is 24.3 Å². The maximum Gasteiger partial charge on any atom is 0.306 e. The molecule has 0 saturated carbocycles. The normalized spacial score (nSPS) is 10.0. The van der Waals surface area contributed by atoms with Crippen LogP contribution in [0.4, 0.5) is 0 Å². The van der Waals surface area contributed by atoms with Crippen LogP contribution < -0.4 is 10.1 Å². The molecule has 0 aliphatic carbocycles. The van der Waals surface area contributed by atoms with Crippen LogP contribution in [0.2, 0.25) is 0 Å². The highest BCUT2D eigenvalue weighted by molar-refractivity contribution is 9.10. The largest absolute Gasteiger partial charge is 0.492 e. The molecule has 1 aromatic carbocycles. The minimum Gasteiger partial charge on any atom is -0.492 e. The molecule has 0 aromatic heterocycles. The van der Waals surface area contributed by atoms with Crippen LogP contribution in [0, 0.1) is 0 Å². The summed E-state index contributed by atoms with van der Waals surface area (Å²) in [6.45, 7) is 1.88. The summed E-state index contributed by atoms with van der Waals surface area (Å²) >= 11 is 3.36. The molecule has 17 heavy (non-hydrogen) atoms. The molecule has 0 bridgehead atoms. The molecule has 4 nitrogen and oxygen atoms in total. The van der Waals surface area contributed by atoms with Gasteiger partial charge in [0.25, 0.3) is 0 Å². The predicted octanol–water partition coefficient (Wildman–Crippen LogP) is 1.98. The van der Waals surface area contributed by atoms with Gasteiger partial charge in [-0.2, -0.15) is 0 Å². The number of nitrogens with one attached hydrogen (secondary N) is 1. The van der Waals surface area contributed by atoms with Crippen molar-refractivity contribution in [1.82, 2.24) is 5.32 Å². The first-order valence-corrected chi connectivity index (χ1v) is 6.17. The topological polar surface area (TPSA) is 47.6 Å². The van der Waals surface area contributed by atoms with E-state index in [4.69, 9.17) is 4.74 Å². The third kappa shape index (κ3) is 6.28. The van der Waals surface area contributed by atoms with Crippen molar-refractivity contribution in [3.8, 4) is 5.75 Å². The zero-order chi connectivity index (χ0) is 12.5.